The van der Waals surface area contributed by atoms with Gasteiger partial charge in [-0.2, -0.15) is 0 Å². The molecule has 0 spiro atoms. The number of hydrogen-bond donors (Lipinski definition) is 1. The lowest BCUT2D eigenvalue weighted by molar-refractivity contribution is 1.34. The molecule has 0 saturated carbocycles. The number of rotatable bonds is 0. The monoisotopic (exact) mass is 157 g/mol. The Hall–Kier alpha value is -1.37. The van der Waals surface area contributed by atoms with Crippen LogP contribution in [0.2, 0.25) is 0 Å². The molecular formula is C11H11N. The van der Waals surface area contributed by atoms with Crippen molar-refractivity contribution in [3.63, 3.8) is 0 Å². The summed E-state index contributed by atoms with van der Waals surface area (Å²) in [7, 11) is 0. The topological polar surface area (TPSA) is 23.9 Å². The van der Waals surface area contributed by atoms with E-state index >= 15 is 0 Å². The summed E-state index contributed by atoms with van der Waals surface area (Å²) >= 11 is 0. The van der Waals surface area contributed by atoms with Gasteiger partial charge >= 0.3 is 0 Å². The van der Waals surface area contributed by atoms with Crippen LogP contribution in [0.25, 0.3) is 5.57 Å². The van der Waals surface area contributed by atoms with E-state index in [0.717, 1.165) is 17.7 Å². The molecule has 1 N–H and O–H groups in total. The van der Waals surface area contributed by atoms with Crippen molar-refractivity contribution in [1.82, 2.24) is 0 Å². The summed E-state index contributed by atoms with van der Waals surface area (Å²) in [6.45, 7) is 1.99. The quantitative estimate of drug-likeness (QED) is 0.598. The van der Waals surface area contributed by atoms with Crippen LogP contribution in [-0.4, -0.2) is 5.71 Å². The minimum absolute atomic E-state index is 0.749. The number of nitrogens with one attached hydrogen (secondary N) is 1. The summed E-state index contributed by atoms with van der Waals surface area (Å²) in [5, 5.41) is 7.72. The molecule has 2 rings (SSSR count). The molecule has 0 saturated heterocycles. The average molecular weight is 157 g/mol. The zero-order valence-corrected chi connectivity index (χ0v) is 7.09. The second-order valence-electron chi connectivity index (χ2n) is 3.01. The lowest BCUT2D eigenvalue weighted by Crippen LogP contribution is -1.91. The van der Waals surface area contributed by atoms with Crippen molar-refractivity contribution in [3.8, 4) is 0 Å². The molecule has 0 amide bonds. The van der Waals surface area contributed by atoms with Gasteiger partial charge in [-0.3, -0.25) is 0 Å². The maximum atomic E-state index is 7.72. The normalized spacial score (nSPS) is 18.4. The number of fused-ring (bicyclic) bond motifs is 1. The first-order chi connectivity index (χ1) is 5.83. The SMILES string of the molecule is C/C=C1\C(=N)Cc2ccccc21. The van der Waals surface area contributed by atoms with Crippen LogP contribution in [0.15, 0.2) is 30.3 Å². The van der Waals surface area contributed by atoms with Crippen LogP contribution in [0.3, 0.4) is 0 Å². The van der Waals surface area contributed by atoms with Gasteiger partial charge in [-0.05, 0) is 23.6 Å². The zero-order valence-electron chi connectivity index (χ0n) is 7.09. The highest BCUT2D eigenvalue weighted by atomic mass is 14.5. The molecule has 1 heteroatoms. The van der Waals surface area contributed by atoms with Crippen molar-refractivity contribution in [2.75, 3.05) is 0 Å². The van der Waals surface area contributed by atoms with Gasteiger partial charge in [0, 0.05) is 12.1 Å². The van der Waals surface area contributed by atoms with E-state index in [1.165, 1.54) is 11.1 Å². The van der Waals surface area contributed by atoms with Gasteiger partial charge in [0.1, 0.15) is 0 Å². The van der Waals surface area contributed by atoms with E-state index in [4.69, 9.17) is 5.41 Å². The molecule has 1 aliphatic rings. The zero-order chi connectivity index (χ0) is 8.55. The highest BCUT2D eigenvalue weighted by Crippen LogP contribution is 2.28. The molecule has 0 fully saturated rings. The standard InChI is InChI=1S/C11H11N/c1-2-9-10-6-4-3-5-8(10)7-11(9)12/h2-6,12H,7H2,1H3/b9-2-,12-11?. The van der Waals surface area contributed by atoms with Crippen molar-refractivity contribution in [2.45, 2.75) is 13.3 Å². The molecule has 1 aromatic carbocycles. The van der Waals surface area contributed by atoms with Gasteiger partial charge in [0.05, 0.1) is 0 Å². The predicted octanol–water partition coefficient (Wildman–Crippen LogP) is 2.67. The summed E-state index contributed by atoms with van der Waals surface area (Å²) in [5.74, 6) is 0. The Morgan fingerprint density at radius 1 is 1.33 bits per heavy atom. The molecule has 0 bridgehead atoms. The van der Waals surface area contributed by atoms with Gasteiger partial charge in [0.2, 0.25) is 0 Å². The van der Waals surface area contributed by atoms with E-state index in [0.29, 0.717) is 0 Å². The number of allylic oxidation sites excluding steroid dienone is 2. The second kappa shape index (κ2) is 2.59. The van der Waals surface area contributed by atoms with E-state index in [9.17, 15) is 0 Å². The summed E-state index contributed by atoms with van der Waals surface area (Å²) in [6.07, 6.45) is 2.82. The first kappa shape index (κ1) is 7.29. The lowest BCUT2D eigenvalue weighted by atomic mass is 10.1. The Morgan fingerprint density at radius 3 is 2.83 bits per heavy atom. The van der Waals surface area contributed by atoms with Crippen LogP contribution < -0.4 is 0 Å². The van der Waals surface area contributed by atoms with Gasteiger partial charge in [-0.15, -0.1) is 0 Å². The van der Waals surface area contributed by atoms with E-state index < -0.39 is 0 Å². The molecule has 0 atom stereocenters. The maximum absolute atomic E-state index is 7.72. The smallest absolute Gasteiger partial charge is 0.0433 e. The van der Waals surface area contributed by atoms with Crippen LogP contribution >= 0.6 is 0 Å². The molecule has 0 aliphatic heterocycles. The molecule has 0 unspecified atom stereocenters. The fourth-order valence-corrected chi connectivity index (χ4v) is 1.72. The van der Waals surface area contributed by atoms with Gasteiger partial charge in [0.25, 0.3) is 0 Å². The van der Waals surface area contributed by atoms with Crippen LogP contribution in [0, 0.1) is 5.41 Å². The van der Waals surface area contributed by atoms with Crippen LogP contribution in [-0.2, 0) is 6.42 Å². The fourth-order valence-electron chi connectivity index (χ4n) is 1.72. The molecule has 1 nitrogen and oxygen atoms in total. The second-order valence-corrected chi connectivity index (χ2v) is 3.01. The van der Waals surface area contributed by atoms with Crippen molar-refractivity contribution in [3.05, 3.63) is 41.5 Å². The highest BCUT2D eigenvalue weighted by Gasteiger charge is 2.19. The predicted molar refractivity (Wildman–Crippen MR) is 51.5 cm³/mol. The van der Waals surface area contributed by atoms with Gasteiger partial charge in [-0.1, -0.05) is 30.3 Å². The third-order valence-corrected chi connectivity index (χ3v) is 2.29. The first-order valence-corrected chi connectivity index (χ1v) is 4.15. The Balaban J connectivity index is 2.62. The molecule has 0 aromatic heterocycles. The minimum atomic E-state index is 0.749. The summed E-state index contributed by atoms with van der Waals surface area (Å²) in [6, 6.07) is 8.25. The Bertz CT molecular complexity index is 361. The highest BCUT2D eigenvalue weighted by molar-refractivity contribution is 6.26. The van der Waals surface area contributed by atoms with Crippen molar-refractivity contribution >= 4 is 11.3 Å². The summed E-state index contributed by atoms with van der Waals surface area (Å²) < 4.78 is 0. The first-order valence-electron chi connectivity index (χ1n) is 4.15. The largest absolute Gasteiger partial charge is 0.304 e. The molecule has 0 radical (unpaired) electrons. The van der Waals surface area contributed by atoms with Gasteiger partial charge in [0.15, 0.2) is 0 Å². The van der Waals surface area contributed by atoms with E-state index in [1.54, 1.807) is 0 Å². The summed E-state index contributed by atoms with van der Waals surface area (Å²) in [5.41, 5.74) is 4.38. The molecule has 0 heterocycles. The van der Waals surface area contributed by atoms with E-state index in [2.05, 4.69) is 12.1 Å². The molecule has 1 aliphatic carbocycles. The van der Waals surface area contributed by atoms with Crippen molar-refractivity contribution in [1.29, 1.82) is 5.41 Å². The molecule has 60 valence electrons. The Labute approximate surface area is 72.2 Å². The third-order valence-electron chi connectivity index (χ3n) is 2.29. The van der Waals surface area contributed by atoms with Crippen LogP contribution in [0.1, 0.15) is 18.1 Å². The van der Waals surface area contributed by atoms with Crippen molar-refractivity contribution in [2.24, 2.45) is 0 Å². The van der Waals surface area contributed by atoms with Crippen LogP contribution in [0.4, 0.5) is 0 Å². The average Bonchev–Trinajstić information content (AvgIpc) is 2.40. The number of benzene rings is 1. The molecular weight excluding hydrogens is 146 g/mol. The Morgan fingerprint density at radius 2 is 2.08 bits per heavy atom. The van der Waals surface area contributed by atoms with Gasteiger partial charge < -0.3 is 5.41 Å². The fraction of sp³-hybridized carbons (Fsp3) is 0.182. The molecule has 12 heavy (non-hydrogen) atoms. The van der Waals surface area contributed by atoms with Crippen LogP contribution in [0.5, 0.6) is 0 Å². The van der Waals surface area contributed by atoms with E-state index in [-0.39, 0.29) is 0 Å². The van der Waals surface area contributed by atoms with Gasteiger partial charge in [-0.25, -0.2) is 0 Å². The number of hydrogen-bond acceptors (Lipinski definition) is 1. The lowest BCUT2D eigenvalue weighted by Gasteiger charge is -1.97. The third kappa shape index (κ3) is 0.900. The van der Waals surface area contributed by atoms with E-state index in [1.807, 2.05) is 25.1 Å². The summed E-state index contributed by atoms with van der Waals surface area (Å²) in [4.78, 5) is 0. The Kier molecular flexibility index (Phi) is 1.58. The molecule has 1 aromatic rings. The van der Waals surface area contributed by atoms with Crippen molar-refractivity contribution < 1.29 is 0 Å². The maximum Gasteiger partial charge on any atom is 0.0433 e. The minimum Gasteiger partial charge on any atom is -0.304 e.